The highest BCUT2D eigenvalue weighted by Crippen LogP contribution is 2.12. The predicted molar refractivity (Wildman–Crippen MR) is 71.0 cm³/mol. The van der Waals surface area contributed by atoms with Crippen LogP contribution >= 0.6 is 0 Å². The first-order chi connectivity index (χ1) is 8.30. The summed E-state index contributed by atoms with van der Waals surface area (Å²) in [5, 5.41) is 18.0. The second kappa shape index (κ2) is 8.26. The lowest BCUT2D eigenvalue weighted by molar-refractivity contribution is 0.144. The van der Waals surface area contributed by atoms with Crippen molar-refractivity contribution in [2.45, 2.75) is 39.0 Å². The van der Waals surface area contributed by atoms with Crippen LogP contribution in [0.2, 0.25) is 0 Å². The molecular weight excluding hydrogens is 212 g/mol. The van der Waals surface area contributed by atoms with Crippen LogP contribution in [0, 0.1) is 5.92 Å². The summed E-state index contributed by atoms with van der Waals surface area (Å²) in [5.41, 5.74) is 2.69. The summed E-state index contributed by atoms with van der Waals surface area (Å²) in [6.45, 7) is 2.36. The van der Waals surface area contributed by atoms with Gasteiger partial charge < -0.3 is 10.2 Å². The van der Waals surface area contributed by atoms with Gasteiger partial charge in [-0.15, -0.1) is 0 Å². The maximum absolute atomic E-state index is 8.99. The minimum atomic E-state index is 0.0229. The van der Waals surface area contributed by atoms with E-state index in [4.69, 9.17) is 10.2 Å². The van der Waals surface area contributed by atoms with Gasteiger partial charge in [0.25, 0.3) is 0 Å². The fourth-order valence-corrected chi connectivity index (χ4v) is 1.86. The minimum Gasteiger partial charge on any atom is -0.396 e. The summed E-state index contributed by atoms with van der Waals surface area (Å²) in [7, 11) is 0. The Morgan fingerprint density at radius 2 is 1.47 bits per heavy atom. The van der Waals surface area contributed by atoms with Crippen molar-refractivity contribution in [1.82, 2.24) is 0 Å². The molecule has 0 heterocycles. The van der Waals surface area contributed by atoms with Crippen molar-refractivity contribution in [3.05, 3.63) is 35.4 Å². The molecule has 2 nitrogen and oxygen atoms in total. The van der Waals surface area contributed by atoms with E-state index in [1.807, 2.05) is 0 Å². The number of rotatable bonds is 8. The number of hydrogen-bond acceptors (Lipinski definition) is 2. The molecule has 0 aliphatic carbocycles. The lowest BCUT2D eigenvalue weighted by Crippen LogP contribution is -2.11. The van der Waals surface area contributed by atoms with E-state index in [0.717, 1.165) is 19.3 Å². The maximum atomic E-state index is 8.99. The molecule has 0 saturated heterocycles. The van der Waals surface area contributed by atoms with Crippen molar-refractivity contribution in [1.29, 1.82) is 0 Å². The monoisotopic (exact) mass is 236 g/mol. The van der Waals surface area contributed by atoms with Crippen molar-refractivity contribution in [3.8, 4) is 0 Å². The molecular formula is C15H24O2. The minimum absolute atomic E-state index is 0.0229. The zero-order valence-electron chi connectivity index (χ0n) is 10.7. The molecule has 2 heteroatoms. The van der Waals surface area contributed by atoms with Crippen LogP contribution in [-0.4, -0.2) is 23.4 Å². The van der Waals surface area contributed by atoms with Gasteiger partial charge in [-0.3, -0.25) is 0 Å². The van der Waals surface area contributed by atoms with E-state index in [0.29, 0.717) is 0 Å². The van der Waals surface area contributed by atoms with Crippen LogP contribution in [0.1, 0.15) is 37.3 Å². The van der Waals surface area contributed by atoms with E-state index < -0.39 is 0 Å². The Morgan fingerprint density at radius 3 is 1.94 bits per heavy atom. The third kappa shape index (κ3) is 5.33. The average Bonchev–Trinajstić information content (AvgIpc) is 2.39. The van der Waals surface area contributed by atoms with Crippen LogP contribution < -0.4 is 0 Å². The molecule has 0 aliphatic heterocycles. The lowest BCUT2D eigenvalue weighted by Gasteiger charge is -2.10. The average molecular weight is 236 g/mol. The van der Waals surface area contributed by atoms with Gasteiger partial charge in [0.15, 0.2) is 0 Å². The van der Waals surface area contributed by atoms with E-state index in [1.165, 1.54) is 24.0 Å². The van der Waals surface area contributed by atoms with Crippen molar-refractivity contribution < 1.29 is 10.2 Å². The Balaban J connectivity index is 2.39. The molecule has 0 amide bonds. The number of benzene rings is 1. The molecule has 0 radical (unpaired) electrons. The van der Waals surface area contributed by atoms with Gasteiger partial charge in [0, 0.05) is 19.1 Å². The van der Waals surface area contributed by atoms with Crippen LogP contribution in [0.3, 0.4) is 0 Å². The van der Waals surface area contributed by atoms with Crippen LogP contribution in [0.15, 0.2) is 24.3 Å². The molecule has 1 aromatic carbocycles. The normalized spacial score (nSPS) is 11.1. The SMILES string of the molecule is CCCCc1ccc(CCC(CO)CO)cc1. The van der Waals surface area contributed by atoms with Gasteiger partial charge in [0.1, 0.15) is 0 Å². The summed E-state index contributed by atoms with van der Waals surface area (Å²) in [5.74, 6) is 0.0229. The second-order valence-electron chi connectivity index (χ2n) is 4.69. The largest absolute Gasteiger partial charge is 0.396 e. The third-order valence-corrected chi connectivity index (χ3v) is 3.20. The molecule has 17 heavy (non-hydrogen) atoms. The molecule has 0 fully saturated rings. The van der Waals surface area contributed by atoms with Gasteiger partial charge in [-0.25, -0.2) is 0 Å². The standard InChI is InChI=1S/C15H24O2/c1-2-3-4-13-5-7-14(8-6-13)9-10-15(11-16)12-17/h5-8,15-17H,2-4,9-12H2,1H3. The fraction of sp³-hybridized carbons (Fsp3) is 0.600. The maximum Gasteiger partial charge on any atom is 0.0481 e. The van der Waals surface area contributed by atoms with Crippen LogP contribution in [0.4, 0.5) is 0 Å². The van der Waals surface area contributed by atoms with Crippen LogP contribution in [-0.2, 0) is 12.8 Å². The molecule has 2 N–H and O–H groups in total. The van der Waals surface area contributed by atoms with E-state index >= 15 is 0 Å². The molecule has 0 unspecified atom stereocenters. The smallest absolute Gasteiger partial charge is 0.0481 e. The van der Waals surface area contributed by atoms with Gasteiger partial charge in [-0.2, -0.15) is 0 Å². The predicted octanol–water partition coefficient (Wildman–Crippen LogP) is 2.56. The molecule has 0 bridgehead atoms. The van der Waals surface area contributed by atoms with Crippen molar-refractivity contribution >= 4 is 0 Å². The van der Waals surface area contributed by atoms with Crippen molar-refractivity contribution in [2.75, 3.05) is 13.2 Å². The summed E-state index contributed by atoms with van der Waals surface area (Å²) in [4.78, 5) is 0. The van der Waals surface area contributed by atoms with E-state index in [2.05, 4.69) is 31.2 Å². The van der Waals surface area contributed by atoms with Gasteiger partial charge in [0.05, 0.1) is 0 Å². The molecule has 0 atom stereocenters. The summed E-state index contributed by atoms with van der Waals surface area (Å²) in [6, 6.07) is 8.71. The lowest BCUT2D eigenvalue weighted by atomic mass is 9.99. The summed E-state index contributed by atoms with van der Waals surface area (Å²) in [6.07, 6.45) is 5.42. The first kappa shape index (κ1) is 14.2. The van der Waals surface area contributed by atoms with Crippen molar-refractivity contribution in [2.24, 2.45) is 5.92 Å². The number of aliphatic hydroxyl groups is 2. The highest BCUT2D eigenvalue weighted by atomic mass is 16.3. The Hall–Kier alpha value is -0.860. The fourth-order valence-electron chi connectivity index (χ4n) is 1.86. The number of aryl methyl sites for hydroxylation is 2. The molecule has 96 valence electrons. The van der Waals surface area contributed by atoms with Gasteiger partial charge in [0.2, 0.25) is 0 Å². The molecule has 1 aromatic rings. The number of unbranched alkanes of at least 4 members (excludes halogenated alkanes) is 1. The Kier molecular flexibility index (Phi) is 6.90. The van der Waals surface area contributed by atoms with Gasteiger partial charge in [-0.1, -0.05) is 37.6 Å². The topological polar surface area (TPSA) is 40.5 Å². The van der Waals surface area contributed by atoms with E-state index in [-0.39, 0.29) is 19.1 Å². The highest BCUT2D eigenvalue weighted by molar-refractivity contribution is 5.22. The van der Waals surface area contributed by atoms with Gasteiger partial charge >= 0.3 is 0 Å². The quantitative estimate of drug-likeness (QED) is 0.728. The molecule has 1 rings (SSSR count). The first-order valence-corrected chi connectivity index (χ1v) is 6.59. The molecule has 0 aliphatic rings. The van der Waals surface area contributed by atoms with E-state index in [1.54, 1.807) is 0 Å². The number of hydrogen-bond donors (Lipinski definition) is 2. The first-order valence-electron chi connectivity index (χ1n) is 6.59. The third-order valence-electron chi connectivity index (χ3n) is 3.20. The zero-order valence-corrected chi connectivity index (χ0v) is 10.7. The second-order valence-corrected chi connectivity index (χ2v) is 4.69. The Bertz CT molecular complexity index is 288. The highest BCUT2D eigenvalue weighted by Gasteiger charge is 2.05. The van der Waals surface area contributed by atoms with Crippen LogP contribution in [0.25, 0.3) is 0 Å². The Labute approximate surface area is 104 Å². The van der Waals surface area contributed by atoms with Gasteiger partial charge in [-0.05, 0) is 36.8 Å². The molecule has 0 aromatic heterocycles. The number of aliphatic hydroxyl groups excluding tert-OH is 2. The van der Waals surface area contributed by atoms with Crippen molar-refractivity contribution in [3.63, 3.8) is 0 Å². The molecule has 0 saturated carbocycles. The zero-order chi connectivity index (χ0) is 12.5. The van der Waals surface area contributed by atoms with Crippen LogP contribution in [0.5, 0.6) is 0 Å². The Morgan fingerprint density at radius 1 is 0.941 bits per heavy atom. The van der Waals surface area contributed by atoms with E-state index in [9.17, 15) is 0 Å². The summed E-state index contributed by atoms with van der Waals surface area (Å²) < 4.78 is 0. The molecule has 0 spiro atoms. The summed E-state index contributed by atoms with van der Waals surface area (Å²) >= 11 is 0.